The molecule has 15 nitrogen and oxygen atoms in total. The van der Waals surface area contributed by atoms with Crippen molar-refractivity contribution in [2.45, 2.75) is 117 Å². The van der Waals surface area contributed by atoms with Crippen molar-refractivity contribution in [1.29, 1.82) is 0 Å². The van der Waals surface area contributed by atoms with E-state index >= 15 is 0 Å². The van der Waals surface area contributed by atoms with Gasteiger partial charge in [-0.3, -0.25) is 19.9 Å². The van der Waals surface area contributed by atoms with E-state index in [4.69, 9.17) is 23.7 Å². The Bertz CT molecular complexity index is 2390. The molecule has 0 N–H and O–H groups in total. The highest BCUT2D eigenvalue weighted by Gasteiger charge is 2.39. The van der Waals surface area contributed by atoms with Gasteiger partial charge in [0.05, 0.1) is 68.7 Å². The molecular weight excluding hydrogens is 898 g/mol. The quantitative estimate of drug-likeness (QED) is 0.0452. The highest BCUT2D eigenvalue weighted by Crippen LogP contribution is 2.34. The first-order chi connectivity index (χ1) is 31.3. The van der Waals surface area contributed by atoms with E-state index in [0.717, 1.165) is 33.8 Å². The molecule has 2 heterocycles. The third-order valence-electron chi connectivity index (χ3n) is 10.3. The molecule has 0 aliphatic carbocycles. The Morgan fingerprint density at radius 1 is 0.530 bits per heavy atom. The molecule has 0 bridgehead atoms. The molecule has 0 amide bonds. The molecular formula is C47H65BN6O9PS2. The summed E-state index contributed by atoms with van der Waals surface area (Å²) < 4.78 is 86.1. The average molecular weight is 964 g/mol. The predicted octanol–water partition coefficient (Wildman–Crippen LogP) is 8.43. The van der Waals surface area contributed by atoms with Crippen LogP contribution in [0.25, 0.3) is 0 Å². The second-order valence-corrected chi connectivity index (χ2v) is 22.3. The Labute approximate surface area is 395 Å². The Morgan fingerprint density at radius 3 is 1.18 bits per heavy atom. The van der Waals surface area contributed by atoms with Crippen LogP contribution in [0.4, 0.5) is 0 Å². The number of hydrogen-bond acceptors (Lipinski definition) is 13. The highest BCUT2D eigenvalue weighted by atomic mass is 32.2. The number of nitrogens with zero attached hydrogens (tertiary/aromatic N) is 6. The number of hydrogen-bond donors (Lipinski definition) is 0. The summed E-state index contributed by atoms with van der Waals surface area (Å²) in [6, 6.07) is 22.2. The topological polar surface area (TPSA) is 172 Å². The summed E-state index contributed by atoms with van der Waals surface area (Å²) in [6.07, 6.45) is 4.57. The molecule has 357 valence electrons. The number of ether oxygens (including phenoxy) is 5. The van der Waals surface area contributed by atoms with E-state index in [1.54, 1.807) is 60.0 Å². The van der Waals surface area contributed by atoms with Gasteiger partial charge in [-0.15, -0.1) is 0 Å². The fourth-order valence-corrected chi connectivity index (χ4v) is 11.5. The lowest BCUT2D eigenvalue weighted by molar-refractivity contribution is 0.00286. The van der Waals surface area contributed by atoms with Gasteiger partial charge in [0.2, 0.25) is 20.0 Å². The molecule has 0 saturated carbocycles. The minimum atomic E-state index is -3.85. The fourth-order valence-electron chi connectivity index (χ4n) is 6.63. The maximum absolute atomic E-state index is 14.1. The molecule has 3 aromatic carbocycles. The monoisotopic (exact) mass is 963 g/mol. The zero-order chi connectivity index (χ0) is 48.6. The zero-order valence-corrected chi connectivity index (χ0v) is 42.7. The minimum Gasteiger partial charge on any atom is -0.497 e. The van der Waals surface area contributed by atoms with Gasteiger partial charge in [0.15, 0.2) is 7.00 Å². The van der Waals surface area contributed by atoms with E-state index in [-0.39, 0.29) is 40.5 Å². The summed E-state index contributed by atoms with van der Waals surface area (Å²) in [4.78, 5) is 17.4. The Hall–Kier alpha value is -4.55. The Balaban J connectivity index is 0.000000294. The lowest BCUT2D eigenvalue weighted by Crippen LogP contribution is -2.41. The van der Waals surface area contributed by atoms with Crippen molar-refractivity contribution >= 4 is 35.7 Å². The normalized spacial score (nSPS) is 13.9. The maximum Gasteiger partial charge on any atom is 0.222 e. The summed E-state index contributed by atoms with van der Waals surface area (Å²) in [6.45, 7) is 18.9. The van der Waals surface area contributed by atoms with Gasteiger partial charge in [0, 0.05) is 32.0 Å². The summed E-state index contributed by atoms with van der Waals surface area (Å²) in [7, 11) is -2.73. The van der Waals surface area contributed by atoms with Crippen molar-refractivity contribution in [2.75, 3.05) is 21.3 Å². The van der Waals surface area contributed by atoms with Crippen LogP contribution >= 0.6 is 8.61 Å². The number of aromatic nitrogens is 4. The molecule has 19 heteroatoms. The molecule has 0 spiro atoms. The third kappa shape index (κ3) is 15.5. The van der Waals surface area contributed by atoms with Crippen molar-refractivity contribution in [3.05, 3.63) is 137 Å². The standard InChI is InChI=1S/C27H35N3O5S.C20H30BN3O4PS/c1-19(2)35-27(26-16-28-20(3)15-29-26)21(4)36(31,32)30(17-22-7-11-24(33-5)12-8-22)18-23-9-13-25(34-6)14-10-23;1-14(2)28-20(19-12-22-15(3)11-23-19)16(4)30(25,26)24(29-21-5)13-17-7-9-18(27-6)10-8-17/h7-16,19,21,27H,17-18H2,1-6H3;7-12,14,16,20,29H,13H2,1-6H3/t21-,27+;16-,20+/m10/s1. The van der Waals surface area contributed by atoms with Crippen molar-refractivity contribution in [3.8, 4) is 17.2 Å². The number of benzene rings is 3. The molecule has 5 atom stereocenters. The lowest BCUT2D eigenvalue weighted by Gasteiger charge is -2.31. The Morgan fingerprint density at radius 2 is 0.879 bits per heavy atom. The largest absolute Gasteiger partial charge is 0.497 e. The smallest absolute Gasteiger partial charge is 0.222 e. The second kappa shape index (κ2) is 25.6. The third-order valence-corrected chi connectivity index (χ3v) is 16.2. The molecule has 1 unspecified atom stereocenters. The fraction of sp³-hybridized carbons (Fsp3) is 0.447. The van der Waals surface area contributed by atoms with Gasteiger partial charge in [-0.2, -0.15) is 8.38 Å². The molecule has 5 rings (SSSR count). The molecule has 1 radical (unpaired) electrons. The summed E-state index contributed by atoms with van der Waals surface area (Å²) in [5.41, 5.74) is 5.09. The highest BCUT2D eigenvalue weighted by molar-refractivity contribution is 7.96. The van der Waals surface area contributed by atoms with E-state index in [2.05, 4.69) is 19.9 Å². The van der Waals surface area contributed by atoms with E-state index in [0.29, 0.717) is 22.9 Å². The van der Waals surface area contributed by atoms with Gasteiger partial charge < -0.3 is 23.7 Å². The van der Waals surface area contributed by atoms with Crippen LogP contribution in [0.15, 0.2) is 97.6 Å². The van der Waals surface area contributed by atoms with Gasteiger partial charge in [-0.25, -0.2) is 16.8 Å². The first kappa shape index (κ1) is 54.1. The van der Waals surface area contributed by atoms with E-state index < -0.39 is 42.8 Å². The summed E-state index contributed by atoms with van der Waals surface area (Å²) >= 11 is 0. The number of aryl methyl sites for hydroxylation is 2. The van der Waals surface area contributed by atoms with Crippen LogP contribution < -0.4 is 14.2 Å². The van der Waals surface area contributed by atoms with E-state index in [1.807, 2.05) is 128 Å². The Kier molecular flexibility index (Phi) is 20.9. The van der Waals surface area contributed by atoms with Crippen LogP contribution in [-0.4, -0.2) is 96.2 Å². The average Bonchev–Trinajstić information content (AvgIpc) is 3.30. The zero-order valence-electron chi connectivity index (χ0n) is 40.1. The lowest BCUT2D eigenvalue weighted by atomic mass is 10.2. The van der Waals surface area contributed by atoms with Crippen LogP contribution in [-0.2, 0) is 49.2 Å². The van der Waals surface area contributed by atoms with Crippen molar-refractivity contribution in [2.24, 2.45) is 0 Å². The molecule has 2 aromatic heterocycles. The number of rotatable bonds is 23. The SMILES string of the molecule is COc1ccc(CN(Cc2ccc(OC)cc2)S(=O)(=O)[C@H](C)[C@H](OC(C)C)c2cnc(C)cn2)cc1.C[B]PN(Cc1ccc(OC)cc1)S(=O)(=O)[C@@H](C)[C@@H](OC(C)C)c1cnc(C)cn1. The van der Waals surface area contributed by atoms with Gasteiger partial charge in [-0.1, -0.05) is 51.8 Å². The van der Waals surface area contributed by atoms with Gasteiger partial charge in [0.25, 0.3) is 0 Å². The number of sulfonamides is 2. The first-order valence-corrected chi connectivity index (χ1v) is 25.7. The van der Waals surface area contributed by atoms with Gasteiger partial charge >= 0.3 is 0 Å². The van der Waals surface area contributed by atoms with Crippen molar-refractivity contribution in [3.63, 3.8) is 0 Å². The van der Waals surface area contributed by atoms with Crippen LogP contribution in [0.3, 0.4) is 0 Å². The predicted molar refractivity (Wildman–Crippen MR) is 262 cm³/mol. The molecule has 0 aliphatic rings. The van der Waals surface area contributed by atoms with Crippen LogP contribution in [0.1, 0.15) is 93.2 Å². The summed E-state index contributed by atoms with van der Waals surface area (Å²) in [5.74, 6) is 2.15. The van der Waals surface area contributed by atoms with Crippen LogP contribution in [0, 0.1) is 13.8 Å². The second-order valence-electron chi connectivity index (χ2n) is 16.1. The van der Waals surface area contributed by atoms with Crippen LogP contribution in [0.5, 0.6) is 17.2 Å². The maximum atomic E-state index is 14.1. The summed E-state index contributed by atoms with van der Waals surface area (Å²) in [5, 5.41) is -1.74. The van der Waals surface area contributed by atoms with Gasteiger partial charge in [0.1, 0.15) is 40.0 Å². The molecule has 0 aliphatic heterocycles. The molecule has 5 aromatic rings. The minimum absolute atomic E-state index is 0.0151. The number of methoxy groups -OCH3 is 3. The van der Waals surface area contributed by atoms with Gasteiger partial charge in [-0.05, 0) is 108 Å². The van der Waals surface area contributed by atoms with Crippen molar-refractivity contribution < 1.29 is 40.5 Å². The molecule has 0 saturated heterocycles. The van der Waals surface area contributed by atoms with Crippen molar-refractivity contribution in [1.82, 2.24) is 28.3 Å². The molecule has 0 fully saturated rings. The first-order valence-electron chi connectivity index (χ1n) is 21.6. The molecule has 66 heavy (non-hydrogen) atoms. The van der Waals surface area contributed by atoms with E-state index in [9.17, 15) is 16.8 Å². The van der Waals surface area contributed by atoms with Crippen LogP contribution in [0.2, 0.25) is 6.82 Å². The van der Waals surface area contributed by atoms with E-state index in [1.165, 1.54) is 8.38 Å².